The second-order valence-corrected chi connectivity index (χ2v) is 5.77. The van der Waals surface area contributed by atoms with Gasteiger partial charge in [-0.3, -0.25) is 9.36 Å². The number of nitrogens with one attached hydrogen (secondary N) is 1. The molecule has 3 N–H and O–H groups in total. The number of hydrogen-bond acceptors (Lipinski definition) is 4. The van der Waals surface area contributed by atoms with E-state index in [4.69, 9.17) is 5.73 Å². The van der Waals surface area contributed by atoms with E-state index < -0.39 is 0 Å². The number of imidazole rings is 1. The second-order valence-electron chi connectivity index (χ2n) is 5.77. The monoisotopic (exact) mass is 295 g/mol. The van der Waals surface area contributed by atoms with Gasteiger partial charge in [-0.25, -0.2) is 4.98 Å². The van der Waals surface area contributed by atoms with Crippen LogP contribution in [0, 0.1) is 0 Å². The Hall–Kier alpha value is -2.63. The van der Waals surface area contributed by atoms with Crippen LogP contribution >= 0.6 is 0 Å². The summed E-state index contributed by atoms with van der Waals surface area (Å²) >= 11 is 0. The zero-order valence-corrected chi connectivity index (χ0v) is 12.2. The number of nitrogens with zero attached hydrogens (tertiary/aromatic N) is 3. The molecule has 0 fully saturated rings. The van der Waals surface area contributed by atoms with E-state index in [1.807, 2.05) is 0 Å². The van der Waals surface area contributed by atoms with E-state index in [1.165, 1.54) is 34.9 Å². The van der Waals surface area contributed by atoms with Crippen molar-refractivity contribution in [2.75, 3.05) is 5.73 Å². The summed E-state index contributed by atoms with van der Waals surface area (Å²) in [4.78, 5) is 23.5. The van der Waals surface area contributed by atoms with Crippen LogP contribution in [0.1, 0.15) is 29.5 Å². The van der Waals surface area contributed by atoms with Crippen molar-refractivity contribution in [3.05, 3.63) is 51.6 Å². The molecule has 0 atom stereocenters. The summed E-state index contributed by atoms with van der Waals surface area (Å²) in [5, 5.41) is 0. The topological polar surface area (TPSA) is 89.6 Å². The highest BCUT2D eigenvalue weighted by molar-refractivity contribution is 5.69. The molecule has 0 bridgehead atoms. The van der Waals surface area contributed by atoms with E-state index in [-0.39, 0.29) is 11.5 Å². The minimum atomic E-state index is -0.183. The zero-order valence-electron chi connectivity index (χ0n) is 12.2. The first kappa shape index (κ1) is 13.1. The number of fused-ring (bicyclic) bond motifs is 2. The number of aromatic amines is 1. The van der Waals surface area contributed by atoms with Crippen molar-refractivity contribution in [1.29, 1.82) is 0 Å². The molecule has 2 aromatic heterocycles. The van der Waals surface area contributed by atoms with Crippen molar-refractivity contribution in [3.63, 3.8) is 0 Å². The molecule has 2 heterocycles. The molecule has 6 heteroatoms. The molecule has 0 spiro atoms. The lowest BCUT2D eigenvalue weighted by molar-refractivity contribution is 0.681. The Morgan fingerprint density at radius 2 is 2.05 bits per heavy atom. The van der Waals surface area contributed by atoms with Crippen LogP contribution < -0.4 is 11.3 Å². The number of aryl methyl sites for hydroxylation is 2. The predicted octanol–water partition coefficient (Wildman–Crippen LogP) is 1.63. The van der Waals surface area contributed by atoms with Crippen LogP contribution in [-0.2, 0) is 19.4 Å². The van der Waals surface area contributed by atoms with Gasteiger partial charge in [-0.05, 0) is 42.4 Å². The van der Waals surface area contributed by atoms with E-state index in [0.29, 0.717) is 17.7 Å². The molecule has 1 aliphatic rings. The molecule has 0 radical (unpaired) electrons. The van der Waals surface area contributed by atoms with Gasteiger partial charge in [0.25, 0.3) is 5.56 Å². The van der Waals surface area contributed by atoms with E-state index in [1.54, 1.807) is 0 Å². The maximum Gasteiger partial charge on any atom is 0.281 e. The summed E-state index contributed by atoms with van der Waals surface area (Å²) < 4.78 is 1.49. The molecule has 0 saturated carbocycles. The first-order valence-electron chi connectivity index (χ1n) is 7.52. The lowest BCUT2D eigenvalue weighted by atomic mass is 9.90. The van der Waals surface area contributed by atoms with Crippen LogP contribution in [0.5, 0.6) is 0 Å². The van der Waals surface area contributed by atoms with Gasteiger partial charge < -0.3 is 10.7 Å². The van der Waals surface area contributed by atoms with Crippen molar-refractivity contribution in [3.8, 4) is 0 Å². The third-order valence-electron chi connectivity index (χ3n) is 4.33. The van der Waals surface area contributed by atoms with Crippen LogP contribution in [-0.4, -0.2) is 19.5 Å². The zero-order chi connectivity index (χ0) is 15.1. The fourth-order valence-corrected chi connectivity index (χ4v) is 3.16. The first-order chi connectivity index (χ1) is 10.7. The average molecular weight is 295 g/mol. The fraction of sp³-hybridized carbons (Fsp3) is 0.312. The van der Waals surface area contributed by atoms with Crippen LogP contribution in [0.2, 0.25) is 0 Å². The molecule has 6 nitrogen and oxygen atoms in total. The van der Waals surface area contributed by atoms with Gasteiger partial charge in [0.1, 0.15) is 0 Å². The quantitative estimate of drug-likeness (QED) is 0.752. The van der Waals surface area contributed by atoms with Crippen LogP contribution in [0.4, 0.5) is 5.95 Å². The Balaban J connectivity index is 1.76. The molecule has 3 aromatic rings. The maximum atomic E-state index is 12.5. The molecule has 1 aliphatic carbocycles. The molecule has 4 rings (SSSR count). The lowest BCUT2D eigenvalue weighted by Crippen LogP contribution is -2.25. The normalized spacial score (nSPS) is 14.2. The highest BCUT2D eigenvalue weighted by Crippen LogP contribution is 2.22. The van der Waals surface area contributed by atoms with Crippen molar-refractivity contribution in [2.24, 2.45) is 0 Å². The Morgan fingerprint density at radius 3 is 2.91 bits per heavy atom. The molecule has 0 unspecified atom stereocenters. The van der Waals surface area contributed by atoms with Gasteiger partial charge in [-0.1, -0.05) is 18.2 Å². The predicted molar refractivity (Wildman–Crippen MR) is 84.7 cm³/mol. The summed E-state index contributed by atoms with van der Waals surface area (Å²) in [5.74, 6) is 0.197. The van der Waals surface area contributed by atoms with E-state index in [0.717, 1.165) is 18.4 Å². The number of rotatable bonds is 2. The van der Waals surface area contributed by atoms with Crippen molar-refractivity contribution in [2.45, 2.75) is 32.2 Å². The van der Waals surface area contributed by atoms with Gasteiger partial charge in [0.15, 0.2) is 11.2 Å². The van der Waals surface area contributed by atoms with Crippen LogP contribution in [0.15, 0.2) is 29.3 Å². The number of benzene rings is 1. The number of anilines is 1. The number of hydrogen-bond donors (Lipinski definition) is 2. The summed E-state index contributed by atoms with van der Waals surface area (Å²) in [7, 11) is 0. The number of H-pyrrole nitrogens is 1. The highest BCUT2D eigenvalue weighted by Gasteiger charge is 2.13. The Labute approximate surface area is 127 Å². The van der Waals surface area contributed by atoms with E-state index in [2.05, 4.69) is 33.2 Å². The van der Waals surface area contributed by atoms with E-state index >= 15 is 0 Å². The smallest absolute Gasteiger partial charge is 0.281 e. The summed E-state index contributed by atoms with van der Waals surface area (Å²) in [6, 6.07) is 6.44. The van der Waals surface area contributed by atoms with Gasteiger partial charge in [-0.15, -0.1) is 0 Å². The lowest BCUT2D eigenvalue weighted by Gasteiger charge is -2.17. The fourth-order valence-electron chi connectivity index (χ4n) is 3.16. The SMILES string of the molecule is Nc1nc2nc[nH]c2c(=O)n1Cc1ccc2c(c1)CCCC2. The summed E-state index contributed by atoms with van der Waals surface area (Å²) in [5.41, 5.74) is 10.4. The van der Waals surface area contributed by atoms with Gasteiger partial charge in [0.05, 0.1) is 12.9 Å². The minimum absolute atomic E-state index is 0.183. The molecule has 0 amide bonds. The number of nitrogens with two attached hydrogens (primary N) is 1. The van der Waals surface area contributed by atoms with Crippen molar-refractivity contribution in [1.82, 2.24) is 19.5 Å². The third-order valence-corrected chi connectivity index (χ3v) is 4.33. The van der Waals surface area contributed by atoms with Gasteiger partial charge in [0, 0.05) is 0 Å². The first-order valence-corrected chi connectivity index (χ1v) is 7.52. The van der Waals surface area contributed by atoms with Crippen molar-refractivity contribution < 1.29 is 0 Å². The van der Waals surface area contributed by atoms with Gasteiger partial charge in [0.2, 0.25) is 5.95 Å². The Morgan fingerprint density at radius 1 is 1.23 bits per heavy atom. The second kappa shape index (κ2) is 4.98. The molecular weight excluding hydrogens is 278 g/mol. The minimum Gasteiger partial charge on any atom is -0.369 e. The summed E-state index contributed by atoms with van der Waals surface area (Å²) in [6.45, 7) is 0.430. The highest BCUT2D eigenvalue weighted by atomic mass is 16.1. The average Bonchev–Trinajstić information content (AvgIpc) is 2.99. The maximum absolute atomic E-state index is 12.5. The molecule has 22 heavy (non-hydrogen) atoms. The van der Waals surface area contributed by atoms with Crippen molar-refractivity contribution >= 4 is 17.1 Å². The molecule has 0 saturated heterocycles. The van der Waals surface area contributed by atoms with Crippen LogP contribution in [0.3, 0.4) is 0 Å². The molecule has 112 valence electrons. The van der Waals surface area contributed by atoms with Crippen LogP contribution in [0.25, 0.3) is 11.2 Å². The molecule has 0 aliphatic heterocycles. The third kappa shape index (κ3) is 2.07. The summed E-state index contributed by atoms with van der Waals surface area (Å²) in [6.07, 6.45) is 6.23. The number of nitrogen functional groups attached to an aromatic ring is 1. The molecule has 1 aromatic carbocycles. The van der Waals surface area contributed by atoms with E-state index in [9.17, 15) is 4.79 Å². The standard InChI is InChI=1S/C16H17N5O/c17-16-20-14-13(18-9-19-14)15(22)21(16)8-10-5-6-11-3-1-2-4-12(11)7-10/h5-7,9H,1-4,8H2,(H2,17,20)(H,18,19). The molecular formula is C16H17N5O. The van der Waals surface area contributed by atoms with Gasteiger partial charge in [-0.2, -0.15) is 4.98 Å². The largest absolute Gasteiger partial charge is 0.369 e. The van der Waals surface area contributed by atoms with Gasteiger partial charge >= 0.3 is 0 Å². The Kier molecular flexibility index (Phi) is 2.96. The Bertz CT molecular complexity index is 909. The number of aromatic nitrogens is 4.